The van der Waals surface area contributed by atoms with Gasteiger partial charge >= 0.3 is 0 Å². The number of hydrogen-bond acceptors (Lipinski definition) is 4. The predicted octanol–water partition coefficient (Wildman–Crippen LogP) is -0.948. The van der Waals surface area contributed by atoms with Crippen molar-refractivity contribution in [1.82, 2.24) is 14.5 Å². The highest BCUT2D eigenvalue weighted by atomic mass is 32.2. The van der Waals surface area contributed by atoms with E-state index in [0.717, 1.165) is 6.26 Å². The van der Waals surface area contributed by atoms with Crippen LogP contribution in [0.1, 0.15) is 5.56 Å². The molecule has 13 heavy (non-hydrogen) atoms. The smallest absolute Gasteiger partial charge is 0.209 e. The topological polar surface area (TPSA) is 90.0 Å². The van der Waals surface area contributed by atoms with Crippen LogP contribution < -0.4 is 10.5 Å². The van der Waals surface area contributed by atoms with Gasteiger partial charge in [-0.1, -0.05) is 0 Å². The molecule has 0 saturated heterocycles. The number of anilines is 1. The van der Waals surface area contributed by atoms with Gasteiger partial charge in [0.1, 0.15) is 5.82 Å². The molecule has 1 aromatic heterocycles. The Morgan fingerprint density at radius 1 is 1.69 bits per heavy atom. The third kappa shape index (κ3) is 2.71. The zero-order chi connectivity index (χ0) is 10.1. The number of nitrogen functional groups attached to an aromatic ring is 1. The minimum absolute atomic E-state index is 0.179. The SMILES string of the molecule is Cn1ncc(CNS(C)(=O)=O)c1N. The van der Waals surface area contributed by atoms with E-state index in [1.165, 1.54) is 10.9 Å². The van der Waals surface area contributed by atoms with Crippen molar-refractivity contribution in [3.05, 3.63) is 11.8 Å². The Hall–Kier alpha value is -1.08. The van der Waals surface area contributed by atoms with Crippen LogP contribution in [0.15, 0.2) is 6.20 Å². The van der Waals surface area contributed by atoms with Crippen LogP contribution in [0.5, 0.6) is 0 Å². The molecule has 0 atom stereocenters. The summed E-state index contributed by atoms with van der Waals surface area (Å²) in [5, 5.41) is 3.87. The number of nitrogens with zero attached hydrogens (tertiary/aromatic N) is 2. The number of rotatable bonds is 3. The fraction of sp³-hybridized carbons (Fsp3) is 0.500. The lowest BCUT2D eigenvalue weighted by Crippen LogP contribution is -2.21. The molecule has 0 fully saturated rings. The Morgan fingerprint density at radius 2 is 2.31 bits per heavy atom. The molecule has 0 radical (unpaired) electrons. The number of aryl methyl sites for hydroxylation is 1. The van der Waals surface area contributed by atoms with Gasteiger partial charge in [-0.2, -0.15) is 5.10 Å². The van der Waals surface area contributed by atoms with Crippen molar-refractivity contribution in [2.45, 2.75) is 6.54 Å². The van der Waals surface area contributed by atoms with Gasteiger partial charge in [0.15, 0.2) is 0 Å². The Morgan fingerprint density at radius 3 is 2.69 bits per heavy atom. The highest BCUT2D eigenvalue weighted by Crippen LogP contribution is 2.08. The summed E-state index contributed by atoms with van der Waals surface area (Å²) < 4.78 is 25.3. The van der Waals surface area contributed by atoms with Gasteiger partial charge < -0.3 is 5.73 Å². The fourth-order valence-electron chi connectivity index (χ4n) is 0.838. The van der Waals surface area contributed by atoms with E-state index in [0.29, 0.717) is 11.4 Å². The van der Waals surface area contributed by atoms with Crippen molar-refractivity contribution in [2.24, 2.45) is 7.05 Å². The molecular formula is C6H12N4O2S. The molecule has 1 rings (SSSR count). The zero-order valence-electron chi connectivity index (χ0n) is 7.48. The van der Waals surface area contributed by atoms with Crippen molar-refractivity contribution >= 4 is 15.8 Å². The van der Waals surface area contributed by atoms with Gasteiger partial charge in [0, 0.05) is 19.2 Å². The number of nitrogens with one attached hydrogen (secondary N) is 1. The Labute approximate surface area is 76.8 Å². The molecule has 0 unspecified atom stereocenters. The Bertz CT molecular complexity index is 395. The lowest BCUT2D eigenvalue weighted by atomic mass is 10.3. The third-order valence-corrected chi connectivity index (χ3v) is 2.26. The van der Waals surface area contributed by atoms with Gasteiger partial charge in [-0.15, -0.1) is 0 Å². The normalized spacial score (nSPS) is 11.8. The van der Waals surface area contributed by atoms with E-state index in [1.54, 1.807) is 7.05 Å². The summed E-state index contributed by atoms with van der Waals surface area (Å²) in [5.41, 5.74) is 6.27. The average Bonchev–Trinajstić information content (AvgIpc) is 2.29. The second-order valence-electron chi connectivity index (χ2n) is 2.77. The molecular weight excluding hydrogens is 192 g/mol. The molecule has 0 amide bonds. The summed E-state index contributed by atoms with van der Waals surface area (Å²) in [5.74, 6) is 0.469. The molecule has 1 aromatic rings. The molecule has 0 aliphatic heterocycles. The summed E-state index contributed by atoms with van der Waals surface area (Å²) in [4.78, 5) is 0. The van der Waals surface area contributed by atoms with Crippen molar-refractivity contribution in [3.8, 4) is 0 Å². The van der Waals surface area contributed by atoms with E-state index in [1.807, 2.05) is 0 Å². The van der Waals surface area contributed by atoms with Crippen LogP contribution in [-0.4, -0.2) is 24.5 Å². The number of aromatic nitrogens is 2. The molecule has 74 valence electrons. The van der Waals surface area contributed by atoms with Crippen LogP contribution in [0.2, 0.25) is 0 Å². The molecule has 6 nitrogen and oxygen atoms in total. The number of hydrogen-bond donors (Lipinski definition) is 2. The summed E-state index contributed by atoms with van der Waals surface area (Å²) >= 11 is 0. The maximum Gasteiger partial charge on any atom is 0.209 e. The lowest BCUT2D eigenvalue weighted by molar-refractivity contribution is 0.587. The zero-order valence-corrected chi connectivity index (χ0v) is 8.30. The largest absolute Gasteiger partial charge is 0.384 e. The number of nitrogens with two attached hydrogens (primary N) is 1. The molecule has 7 heteroatoms. The molecule has 0 saturated carbocycles. The van der Waals surface area contributed by atoms with Gasteiger partial charge in [0.2, 0.25) is 10.0 Å². The lowest BCUT2D eigenvalue weighted by Gasteiger charge is -2.00. The van der Waals surface area contributed by atoms with Crippen LogP contribution >= 0.6 is 0 Å². The Balaban J connectivity index is 2.71. The second-order valence-corrected chi connectivity index (χ2v) is 4.60. The minimum Gasteiger partial charge on any atom is -0.384 e. The van der Waals surface area contributed by atoms with Crippen LogP contribution in [-0.2, 0) is 23.6 Å². The number of sulfonamides is 1. The van der Waals surface area contributed by atoms with Gasteiger partial charge in [0.25, 0.3) is 0 Å². The van der Waals surface area contributed by atoms with Crippen molar-refractivity contribution in [2.75, 3.05) is 12.0 Å². The summed E-state index contributed by atoms with van der Waals surface area (Å²) in [6.07, 6.45) is 2.63. The molecule has 0 bridgehead atoms. The molecule has 3 N–H and O–H groups in total. The van der Waals surface area contributed by atoms with Gasteiger partial charge in [-0.05, 0) is 0 Å². The van der Waals surface area contributed by atoms with E-state index >= 15 is 0 Å². The molecule has 0 aromatic carbocycles. The molecule has 1 heterocycles. The third-order valence-electron chi connectivity index (χ3n) is 1.59. The molecule has 0 aliphatic carbocycles. The van der Waals surface area contributed by atoms with Crippen LogP contribution in [0.3, 0.4) is 0 Å². The van der Waals surface area contributed by atoms with Crippen molar-refractivity contribution < 1.29 is 8.42 Å². The summed E-state index contributed by atoms with van der Waals surface area (Å²) in [6.45, 7) is 0.179. The van der Waals surface area contributed by atoms with Crippen LogP contribution in [0.25, 0.3) is 0 Å². The van der Waals surface area contributed by atoms with Gasteiger partial charge in [-0.25, -0.2) is 13.1 Å². The first kappa shape index (κ1) is 10.0. The molecule has 0 aliphatic rings. The predicted molar refractivity (Wildman–Crippen MR) is 49.3 cm³/mol. The summed E-state index contributed by atoms with van der Waals surface area (Å²) in [7, 11) is -1.48. The van der Waals surface area contributed by atoms with E-state index in [4.69, 9.17) is 5.73 Å². The Kier molecular flexibility index (Phi) is 2.58. The highest BCUT2D eigenvalue weighted by molar-refractivity contribution is 7.88. The first-order chi connectivity index (χ1) is 5.90. The van der Waals surface area contributed by atoms with E-state index in [2.05, 4.69) is 9.82 Å². The molecule has 0 spiro atoms. The first-order valence-corrected chi connectivity index (χ1v) is 5.50. The highest BCUT2D eigenvalue weighted by Gasteiger charge is 2.06. The quantitative estimate of drug-likeness (QED) is 0.664. The van der Waals surface area contributed by atoms with E-state index in [-0.39, 0.29) is 6.54 Å². The standard InChI is InChI=1S/C6H12N4O2S/c1-10-6(7)5(3-8-10)4-9-13(2,11)12/h3,9H,4,7H2,1-2H3. The first-order valence-electron chi connectivity index (χ1n) is 3.61. The maximum atomic E-state index is 10.7. The monoisotopic (exact) mass is 204 g/mol. The van der Waals surface area contributed by atoms with Crippen molar-refractivity contribution in [3.63, 3.8) is 0 Å². The van der Waals surface area contributed by atoms with E-state index < -0.39 is 10.0 Å². The average molecular weight is 204 g/mol. The fourth-order valence-corrected chi connectivity index (χ4v) is 1.26. The summed E-state index contributed by atoms with van der Waals surface area (Å²) in [6, 6.07) is 0. The van der Waals surface area contributed by atoms with Gasteiger partial charge in [-0.3, -0.25) is 4.68 Å². The van der Waals surface area contributed by atoms with Gasteiger partial charge in [0.05, 0.1) is 12.5 Å². The second kappa shape index (κ2) is 3.35. The van der Waals surface area contributed by atoms with E-state index in [9.17, 15) is 8.42 Å². The maximum absolute atomic E-state index is 10.7. The van der Waals surface area contributed by atoms with Crippen LogP contribution in [0.4, 0.5) is 5.82 Å². The minimum atomic E-state index is -3.17. The van der Waals surface area contributed by atoms with Crippen LogP contribution in [0, 0.1) is 0 Å². The van der Waals surface area contributed by atoms with Crippen molar-refractivity contribution in [1.29, 1.82) is 0 Å².